The van der Waals surface area contributed by atoms with Crippen LogP contribution in [0, 0.1) is 28.3 Å². The van der Waals surface area contributed by atoms with Gasteiger partial charge in [-0.05, 0) is 40.4 Å². The monoisotopic (exact) mass is 797 g/mol. The molecular formula is C41H38N4OPt-2. The summed E-state index contributed by atoms with van der Waals surface area (Å²) in [6, 6.07) is 34.8. The van der Waals surface area contributed by atoms with Crippen molar-refractivity contribution in [3.63, 3.8) is 0 Å². The molecule has 47 heavy (non-hydrogen) atoms. The molecule has 5 nitrogen and oxygen atoms in total. The summed E-state index contributed by atoms with van der Waals surface area (Å²) >= 11 is 2.37. The van der Waals surface area contributed by atoms with Gasteiger partial charge in [0, 0.05) is 6.20 Å². The Labute approximate surface area is 286 Å². The molecule has 0 atom stereocenters. The van der Waals surface area contributed by atoms with E-state index in [0.717, 1.165) is 48.3 Å². The van der Waals surface area contributed by atoms with E-state index in [2.05, 4.69) is 155 Å². The van der Waals surface area contributed by atoms with Gasteiger partial charge in [-0.1, -0.05) is 47.6 Å². The van der Waals surface area contributed by atoms with E-state index in [-0.39, 0.29) is 16.2 Å². The van der Waals surface area contributed by atoms with Crippen LogP contribution < -0.4 is 4.74 Å². The maximum absolute atomic E-state index is 6.55. The van der Waals surface area contributed by atoms with Crippen molar-refractivity contribution in [2.24, 2.45) is 12.5 Å². The Morgan fingerprint density at radius 2 is 1.49 bits per heavy atom. The van der Waals surface area contributed by atoms with Crippen LogP contribution in [0.3, 0.4) is 0 Å². The number of ether oxygens (including phenoxy) is 1. The molecule has 3 heterocycles. The topological polar surface area (TPSA) is 36.9 Å². The Bertz CT molecular complexity index is 2470. The number of hydrogen-bond donors (Lipinski definition) is 0. The fourth-order valence-electron chi connectivity index (χ4n) is 7.79. The van der Waals surface area contributed by atoms with Crippen molar-refractivity contribution in [2.75, 3.05) is 0 Å². The summed E-state index contributed by atoms with van der Waals surface area (Å²) in [6.45, 7) is 16.6. The number of benzene rings is 4. The fourth-order valence-corrected chi connectivity index (χ4v) is 8.61. The van der Waals surface area contributed by atoms with Crippen LogP contribution in [0.25, 0.3) is 44.3 Å². The van der Waals surface area contributed by atoms with Gasteiger partial charge < -0.3 is 0 Å². The first-order valence-electron chi connectivity index (χ1n) is 16.1. The SMILES string of the molecule is Cc1ccnc(-n2c3[c-]c(Oc4[c-]c(-n5[c](=[Pt])n(C)c6ccccc65)ccc4)ccc3c3c4c(ccc32)C(C)(C)C(C)(C)C4(C)C)c1. The van der Waals surface area contributed by atoms with E-state index >= 15 is 0 Å². The van der Waals surface area contributed by atoms with Gasteiger partial charge in [-0.25, -0.2) is 0 Å². The summed E-state index contributed by atoms with van der Waals surface area (Å²) in [6.07, 6.45) is 1.89. The number of nitrogens with zero attached hydrogens (tertiary/aromatic N) is 4. The summed E-state index contributed by atoms with van der Waals surface area (Å²) < 4.78 is 14.3. The second-order valence-electron chi connectivity index (χ2n) is 14.5. The third-order valence-electron chi connectivity index (χ3n) is 11.5. The van der Waals surface area contributed by atoms with Gasteiger partial charge >= 0.3 is 194 Å². The number of para-hydroxylation sites is 2. The second-order valence-corrected chi connectivity index (χ2v) is 15.5. The Balaban J connectivity index is 1.32. The van der Waals surface area contributed by atoms with Crippen LogP contribution in [-0.2, 0) is 37.2 Å². The van der Waals surface area contributed by atoms with Crippen LogP contribution in [0.15, 0.2) is 85.1 Å². The molecule has 0 aliphatic heterocycles. The van der Waals surface area contributed by atoms with Crippen LogP contribution >= 0.6 is 0 Å². The molecule has 0 amide bonds. The van der Waals surface area contributed by atoms with E-state index in [9.17, 15) is 0 Å². The third kappa shape index (κ3) is 4.12. The zero-order chi connectivity index (χ0) is 33.0. The second kappa shape index (κ2) is 10.1. The number of aromatic nitrogens is 4. The van der Waals surface area contributed by atoms with Crippen LogP contribution in [0.1, 0.15) is 58.2 Å². The van der Waals surface area contributed by atoms with Crippen LogP contribution in [0.5, 0.6) is 11.5 Å². The molecular weight excluding hydrogens is 760 g/mol. The van der Waals surface area contributed by atoms with Crippen molar-refractivity contribution < 1.29 is 24.1 Å². The van der Waals surface area contributed by atoms with Crippen molar-refractivity contribution in [3.8, 4) is 23.0 Å². The molecule has 0 fully saturated rings. The van der Waals surface area contributed by atoms with Gasteiger partial charge in [0.15, 0.2) is 0 Å². The van der Waals surface area contributed by atoms with Gasteiger partial charge in [-0.15, -0.1) is 0 Å². The molecule has 8 rings (SSSR count). The van der Waals surface area contributed by atoms with E-state index in [1.807, 2.05) is 30.5 Å². The van der Waals surface area contributed by atoms with Crippen molar-refractivity contribution in [1.82, 2.24) is 18.7 Å². The molecule has 7 aromatic rings. The van der Waals surface area contributed by atoms with Crippen molar-refractivity contribution in [2.45, 2.75) is 59.3 Å². The minimum absolute atomic E-state index is 0.00357. The number of fused-ring (bicyclic) bond motifs is 6. The zero-order valence-corrected chi connectivity index (χ0v) is 30.4. The van der Waals surface area contributed by atoms with Gasteiger partial charge in [0.05, 0.1) is 0 Å². The summed E-state index contributed by atoms with van der Waals surface area (Å²) in [7, 11) is 2.09. The van der Waals surface area contributed by atoms with Crippen LogP contribution in [-0.4, -0.2) is 18.7 Å². The number of hydrogen-bond acceptors (Lipinski definition) is 2. The Kier molecular flexibility index (Phi) is 6.51. The maximum atomic E-state index is 6.55. The van der Waals surface area contributed by atoms with Crippen LogP contribution in [0.2, 0.25) is 0 Å². The Morgan fingerprint density at radius 3 is 2.26 bits per heavy atom. The van der Waals surface area contributed by atoms with Gasteiger partial charge in [-0.2, -0.15) is 0 Å². The van der Waals surface area contributed by atoms with Gasteiger partial charge in [0.25, 0.3) is 0 Å². The molecule has 0 bridgehead atoms. The molecule has 0 unspecified atom stereocenters. The Morgan fingerprint density at radius 1 is 0.745 bits per heavy atom. The molecule has 3 aromatic heterocycles. The number of rotatable bonds is 4. The van der Waals surface area contributed by atoms with Gasteiger partial charge in [0.1, 0.15) is 0 Å². The molecule has 1 aliphatic rings. The molecule has 0 N–H and O–H groups in total. The van der Waals surface area contributed by atoms with E-state index < -0.39 is 0 Å². The number of pyridine rings is 1. The first-order chi connectivity index (χ1) is 22.3. The number of imidazole rings is 1. The minimum atomic E-state index is -0.0636. The molecule has 4 aromatic carbocycles. The summed E-state index contributed by atoms with van der Waals surface area (Å²) in [5, 5.41) is 2.44. The van der Waals surface area contributed by atoms with E-state index in [1.54, 1.807) is 0 Å². The quantitative estimate of drug-likeness (QED) is 0.167. The molecule has 0 saturated carbocycles. The predicted molar refractivity (Wildman–Crippen MR) is 186 cm³/mol. The Hall–Kier alpha value is -4.21. The first kappa shape index (κ1) is 30.1. The predicted octanol–water partition coefficient (Wildman–Crippen LogP) is 9.84. The molecule has 6 heteroatoms. The number of aryl methyl sites for hydroxylation is 2. The molecule has 0 saturated heterocycles. The fraction of sp³-hybridized carbons (Fsp3) is 0.268. The van der Waals surface area contributed by atoms with Crippen molar-refractivity contribution in [1.29, 1.82) is 0 Å². The summed E-state index contributed by atoms with van der Waals surface area (Å²) in [5.74, 6) is 2.15. The molecule has 0 radical (unpaired) electrons. The molecule has 240 valence electrons. The van der Waals surface area contributed by atoms with E-state index in [1.165, 1.54) is 16.5 Å². The minimum Gasteiger partial charge on any atom is -0.0582 e. The smallest absolute Gasteiger partial charge is 0.0582 e. The average molecular weight is 798 g/mol. The van der Waals surface area contributed by atoms with E-state index in [0.29, 0.717) is 11.5 Å². The molecule has 0 spiro atoms. The van der Waals surface area contributed by atoms with E-state index in [4.69, 9.17) is 9.72 Å². The normalized spacial score (nSPS) is 16.3. The van der Waals surface area contributed by atoms with Crippen molar-refractivity contribution >= 4 is 32.8 Å². The molecule has 1 aliphatic carbocycles. The average Bonchev–Trinajstić information content (AvgIpc) is 3.54. The summed E-state index contributed by atoms with van der Waals surface area (Å²) in [4.78, 5) is 4.85. The van der Waals surface area contributed by atoms with Gasteiger partial charge in [-0.3, -0.25) is 0 Å². The van der Waals surface area contributed by atoms with Crippen LogP contribution in [0.4, 0.5) is 0 Å². The third-order valence-corrected chi connectivity index (χ3v) is 12.8. The van der Waals surface area contributed by atoms with Crippen molar-refractivity contribution in [3.05, 3.63) is 118 Å². The first-order valence-corrected chi connectivity index (χ1v) is 17.3. The zero-order valence-electron chi connectivity index (χ0n) is 28.1. The standard InChI is InChI=1S/C41H38N4O.Pt/c1-26-20-21-42-36(22-26)45-34-19-18-31-38(40(4,5)41(6,7)39(31,2)3)37(34)30-17-16-29(24-35(30)45)46-28-13-11-12-27(23-28)44-25-43(8)32-14-9-10-15-33(32)44;/h9-22H,1-8H3;/q-2;. The summed E-state index contributed by atoms with van der Waals surface area (Å²) in [5.41, 5.74) is 9.29. The van der Waals surface area contributed by atoms with Gasteiger partial charge in [0.2, 0.25) is 0 Å².